The van der Waals surface area contributed by atoms with E-state index in [4.69, 9.17) is 10.5 Å². The van der Waals surface area contributed by atoms with Gasteiger partial charge in [-0.15, -0.1) is 0 Å². The number of aryl methyl sites for hydroxylation is 1. The second-order valence-corrected chi connectivity index (χ2v) is 3.30. The molecule has 0 amide bonds. The maximum atomic E-state index is 5.69. The van der Waals surface area contributed by atoms with Crippen LogP contribution in [-0.4, -0.2) is 27.4 Å². The van der Waals surface area contributed by atoms with Crippen LogP contribution in [0.1, 0.15) is 24.8 Å². The highest BCUT2D eigenvalue weighted by Crippen LogP contribution is 2.30. The van der Waals surface area contributed by atoms with Gasteiger partial charge in [0.05, 0.1) is 6.10 Å². The number of hydrogen-bond acceptors (Lipinski definition) is 4. The summed E-state index contributed by atoms with van der Waals surface area (Å²) in [5.74, 6) is 0.899. The molecule has 1 aliphatic heterocycles. The van der Waals surface area contributed by atoms with Crippen molar-refractivity contribution < 1.29 is 4.74 Å². The van der Waals surface area contributed by atoms with Gasteiger partial charge in [0.25, 0.3) is 0 Å². The van der Waals surface area contributed by atoms with Gasteiger partial charge in [-0.3, -0.25) is 4.68 Å². The third kappa shape index (κ3) is 1.57. The number of nitrogens with two attached hydrogens (primary N) is 1. The van der Waals surface area contributed by atoms with E-state index in [0.29, 0.717) is 6.54 Å². The molecule has 2 heterocycles. The molecule has 1 fully saturated rings. The molecule has 0 aromatic carbocycles. The van der Waals surface area contributed by atoms with E-state index < -0.39 is 0 Å². The van der Waals surface area contributed by atoms with E-state index in [2.05, 4.69) is 10.1 Å². The van der Waals surface area contributed by atoms with E-state index in [1.807, 2.05) is 7.05 Å². The van der Waals surface area contributed by atoms with Crippen LogP contribution in [0.4, 0.5) is 0 Å². The van der Waals surface area contributed by atoms with Gasteiger partial charge in [-0.2, -0.15) is 5.10 Å². The average Bonchev–Trinajstić information content (AvgIpc) is 2.71. The molecule has 2 N–H and O–H groups in total. The maximum Gasteiger partial charge on any atom is 0.155 e. The SMILES string of the molecule is Cn1ncnc1C1CCC(CN)O1. The largest absolute Gasteiger partial charge is 0.366 e. The molecule has 1 saturated heterocycles. The topological polar surface area (TPSA) is 66.0 Å². The Morgan fingerprint density at radius 3 is 3.08 bits per heavy atom. The molecule has 2 rings (SSSR count). The summed E-state index contributed by atoms with van der Waals surface area (Å²) in [6, 6.07) is 0. The van der Waals surface area contributed by atoms with Crippen molar-refractivity contribution in [3.63, 3.8) is 0 Å². The Morgan fingerprint density at radius 2 is 2.54 bits per heavy atom. The second kappa shape index (κ2) is 3.43. The number of hydrogen-bond donors (Lipinski definition) is 1. The van der Waals surface area contributed by atoms with Gasteiger partial charge < -0.3 is 10.5 Å². The Bertz CT molecular complexity index is 285. The minimum Gasteiger partial charge on any atom is -0.366 e. The van der Waals surface area contributed by atoms with Gasteiger partial charge in [0.1, 0.15) is 12.4 Å². The van der Waals surface area contributed by atoms with Crippen molar-refractivity contribution >= 4 is 0 Å². The summed E-state index contributed by atoms with van der Waals surface area (Å²) in [5.41, 5.74) is 5.52. The van der Waals surface area contributed by atoms with Crippen LogP contribution in [0, 0.1) is 0 Å². The molecule has 1 aliphatic rings. The molecular weight excluding hydrogens is 168 g/mol. The van der Waals surface area contributed by atoms with Crippen LogP contribution in [-0.2, 0) is 11.8 Å². The van der Waals surface area contributed by atoms with Crippen LogP contribution >= 0.6 is 0 Å². The molecule has 5 heteroatoms. The lowest BCUT2D eigenvalue weighted by Gasteiger charge is -2.10. The highest BCUT2D eigenvalue weighted by atomic mass is 16.5. The first-order chi connectivity index (χ1) is 6.31. The van der Waals surface area contributed by atoms with Crippen molar-refractivity contribution in [3.8, 4) is 0 Å². The highest BCUT2D eigenvalue weighted by Gasteiger charge is 2.28. The molecule has 5 nitrogen and oxygen atoms in total. The molecule has 2 atom stereocenters. The van der Waals surface area contributed by atoms with Gasteiger partial charge in [0.2, 0.25) is 0 Å². The molecule has 0 aliphatic carbocycles. The Kier molecular flexibility index (Phi) is 2.28. The predicted molar refractivity (Wildman–Crippen MR) is 46.9 cm³/mol. The van der Waals surface area contributed by atoms with Gasteiger partial charge in [0, 0.05) is 13.6 Å². The highest BCUT2D eigenvalue weighted by molar-refractivity contribution is 4.93. The van der Waals surface area contributed by atoms with Crippen molar-refractivity contribution in [2.45, 2.75) is 25.0 Å². The lowest BCUT2D eigenvalue weighted by atomic mass is 10.2. The molecule has 13 heavy (non-hydrogen) atoms. The van der Waals surface area contributed by atoms with Gasteiger partial charge in [0.15, 0.2) is 5.82 Å². The van der Waals surface area contributed by atoms with E-state index in [0.717, 1.165) is 18.7 Å². The van der Waals surface area contributed by atoms with Crippen molar-refractivity contribution in [2.24, 2.45) is 12.8 Å². The zero-order chi connectivity index (χ0) is 9.26. The van der Waals surface area contributed by atoms with Crippen LogP contribution in [0.15, 0.2) is 6.33 Å². The molecule has 0 bridgehead atoms. The molecule has 2 unspecified atom stereocenters. The normalized spacial score (nSPS) is 28.2. The first-order valence-electron chi connectivity index (χ1n) is 4.50. The third-order valence-electron chi connectivity index (χ3n) is 2.40. The number of nitrogens with zero attached hydrogens (tertiary/aromatic N) is 3. The molecule has 0 spiro atoms. The fourth-order valence-electron chi connectivity index (χ4n) is 1.67. The van der Waals surface area contributed by atoms with Crippen LogP contribution in [0.2, 0.25) is 0 Å². The minimum absolute atomic E-state index is 0.0843. The van der Waals surface area contributed by atoms with Gasteiger partial charge >= 0.3 is 0 Å². The molecular formula is C8H14N4O. The van der Waals surface area contributed by atoms with E-state index in [1.165, 1.54) is 0 Å². The number of aromatic nitrogens is 3. The van der Waals surface area contributed by atoms with Crippen molar-refractivity contribution in [3.05, 3.63) is 12.2 Å². The summed E-state index contributed by atoms with van der Waals surface area (Å²) in [4.78, 5) is 4.15. The van der Waals surface area contributed by atoms with Crippen LogP contribution < -0.4 is 5.73 Å². The van der Waals surface area contributed by atoms with Crippen molar-refractivity contribution in [1.29, 1.82) is 0 Å². The van der Waals surface area contributed by atoms with E-state index >= 15 is 0 Å². The van der Waals surface area contributed by atoms with Crippen LogP contribution in [0.3, 0.4) is 0 Å². The minimum atomic E-state index is 0.0843. The van der Waals surface area contributed by atoms with Crippen LogP contribution in [0.25, 0.3) is 0 Å². The summed E-state index contributed by atoms with van der Waals surface area (Å²) in [5, 5.41) is 4.01. The van der Waals surface area contributed by atoms with Crippen LogP contribution in [0.5, 0.6) is 0 Å². The zero-order valence-corrected chi connectivity index (χ0v) is 7.68. The third-order valence-corrected chi connectivity index (χ3v) is 2.40. The molecule has 0 saturated carbocycles. The Morgan fingerprint density at radius 1 is 1.69 bits per heavy atom. The average molecular weight is 182 g/mol. The fourth-order valence-corrected chi connectivity index (χ4v) is 1.67. The van der Waals surface area contributed by atoms with Gasteiger partial charge in [-0.05, 0) is 12.8 Å². The summed E-state index contributed by atoms with van der Waals surface area (Å²) in [6.45, 7) is 0.592. The van der Waals surface area contributed by atoms with Gasteiger partial charge in [-0.25, -0.2) is 4.98 Å². The summed E-state index contributed by atoms with van der Waals surface area (Å²) in [7, 11) is 1.88. The molecule has 0 radical (unpaired) electrons. The number of ether oxygens (including phenoxy) is 1. The van der Waals surface area contributed by atoms with Crippen molar-refractivity contribution in [2.75, 3.05) is 6.54 Å². The predicted octanol–water partition coefficient (Wildman–Crippen LogP) is -0.00610. The van der Waals surface area contributed by atoms with Gasteiger partial charge in [-0.1, -0.05) is 0 Å². The monoisotopic (exact) mass is 182 g/mol. The zero-order valence-electron chi connectivity index (χ0n) is 7.68. The molecule has 1 aromatic heterocycles. The Labute approximate surface area is 76.9 Å². The molecule has 72 valence electrons. The Balaban J connectivity index is 2.08. The lowest BCUT2D eigenvalue weighted by Crippen LogP contribution is -2.19. The first-order valence-corrected chi connectivity index (χ1v) is 4.50. The summed E-state index contributed by atoms with van der Waals surface area (Å²) < 4.78 is 7.44. The molecule has 1 aromatic rings. The second-order valence-electron chi connectivity index (χ2n) is 3.30. The van der Waals surface area contributed by atoms with Crippen molar-refractivity contribution in [1.82, 2.24) is 14.8 Å². The fraction of sp³-hybridized carbons (Fsp3) is 0.750. The smallest absolute Gasteiger partial charge is 0.155 e. The van der Waals surface area contributed by atoms with E-state index in [1.54, 1.807) is 11.0 Å². The summed E-state index contributed by atoms with van der Waals surface area (Å²) >= 11 is 0. The maximum absolute atomic E-state index is 5.69. The standard InChI is InChI=1S/C8H14N4O/c1-12-8(10-5-11-12)7-3-2-6(4-9)13-7/h5-7H,2-4,9H2,1H3. The summed E-state index contributed by atoms with van der Waals surface area (Å²) in [6.07, 6.45) is 3.85. The quantitative estimate of drug-likeness (QED) is 0.698. The first kappa shape index (κ1) is 8.65. The number of rotatable bonds is 2. The van der Waals surface area contributed by atoms with E-state index in [9.17, 15) is 0 Å². The van der Waals surface area contributed by atoms with E-state index in [-0.39, 0.29) is 12.2 Å². The Hall–Kier alpha value is -0.940. The lowest BCUT2D eigenvalue weighted by molar-refractivity contribution is 0.0427.